The first-order chi connectivity index (χ1) is 13.0. The summed E-state index contributed by atoms with van der Waals surface area (Å²) in [5.74, 6) is 0.416. The van der Waals surface area contributed by atoms with E-state index in [1.165, 1.54) is 9.13 Å². The van der Waals surface area contributed by atoms with Gasteiger partial charge in [0, 0.05) is 19.0 Å². The van der Waals surface area contributed by atoms with Gasteiger partial charge < -0.3 is 9.73 Å². The molecule has 140 valence electrons. The largest absolute Gasteiger partial charge is 0.469 e. The molecule has 1 N–H and O–H groups in total. The molecule has 0 saturated heterocycles. The Hall–Kier alpha value is -3.35. The van der Waals surface area contributed by atoms with Gasteiger partial charge in [-0.2, -0.15) is 0 Å². The Bertz CT molecular complexity index is 1080. The van der Waals surface area contributed by atoms with Crippen LogP contribution in [0.4, 0.5) is 0 Å². The number of carbonyl (C=O) groups excluding carboxylic acids is 1. The molecule has 3 aromatic rings. The number of para-hydroxylation sites is 2. The van der Waals surface area contributed by atoms with Crippen molar-refractivity contribution >= 4 is 16.9 Å². The van der Waals surface area contributed by atoms with Gasteiger partial charge in [-0.25, -0.2) is 0 Å². The van der Waals surface area contributed by atoms with Crippen LogP contribution in [0.25, 0.3) is 11.0 Å². The van der Waals surface area contributed by atoms with Gasteiger partial charge in [0.25, 0.3) is 0 Å². The maximum Gasteiger partial charge on any atom is 0.317 e. The summed E-state index contributed by atoms with van der Waals surface area (Å²) < 4.78 is 7.85. The van der Waals surface area contributed by atoms with E-state index in [9.17, 15) is 14.4 Å². The van der Waals surface area contributed by atoms with E-state index in [0.717, 1.165) is 5.76 Å². The van der Waals surface area contributed by atoms with Gasteiger partial charge in [-0.05, 0) is 31.2 Å². The van der Waals surface area contributed by atoms with Gasteiger partial charge in [0.05, 0.1) is 17.3 Å². The van der Waals surface area contributed by atoms with Crippen LogP contribution in [0.5, 0.6) is 0 Å². The van der Waals surface area contributed by atoms with Crippen molar-refractivity contribution in [2.24, 2.45) is 0 Å². The minimum atomic E-state index is -0.732. The molecule has 1 aromatic carbocycles. The SMILES string of the molecule is C=CCn1c(=O)c(=O)n(CC(=O)N[C@@H](C)Cc2ccco2)c2ccccc21. The third-order valence-corrected chi connectivity index (χ3v) is 4.24. The van der Waals surface area contributed by atoms with Crippen LogP contribution in [0.2, 0.25) is 0 Å². The molecule has 1 atom stereocenters. The number of hydrogen-bond acceptors (Lipinski definition) is 4. The van der Waals surface area contributed by atoms with Crippen molar-refractivity contribution in [3.8, 4) is 0 Å². The normalized spacial score (nSPS) is 12.0. The van der Waals surface area contributed by atoms with E-state index < -0.39 is 11.1 Å². The summed E-state index contributed by atoms with van der Waals surface area (Å²) in [6, 6.07) is 10.4. The molecule has 7 nitrogen and oxygen atoms in total. The number of nitrogens with one attached hydrogen (secondary N) is 1. The Kier molecular flexibility index (Phi) is 5.40. The van der Waals surface area contributed by atoms with E-state index in [0.29, 0.717) is 17.5 Å². The number of carbonyl (C=O) groups is 1. The molecular weight excluding hydrogens is 346 g/mol. The lowest BCUT2D eigenvalue weighted by atomic mass is 10.2. The monoisotopic (exact) mass is 367 g/mol. The Balaban J connectivity index is 1.88. The lowest BCUT2D eigenvalue weighted by Gasteiger charge is -2.16. The van der Waals surface area contributed by atoms with Crippen molar-refractivity contribution < 1.29 is 9.21 Å². The zero-order valence-electron chi connectivity index (χ0n) is 15.1. The van der Waals surface area contributed by atoms with Crippen LogP contribution < -0.4 is 16.4 Å². The second-order valence-corrected chi connectivity index (χ2v) is 6.34. The molecule has 2 heterocycles. The Morgan fingerprint density at radius 1 is 1.15 bits per heavy atom. The molecular formula is C20H21N3O4. The first kappa shape index (κ1) is 18.4. The number of allylic oxidation sites excluding steroid dienone is 1. The minimum Gasteiger partial charge on any atom is -0.469 e. The fourth-order valence-electron chi connectivity index (χ4n) is 3.08. The molecule has 1 amide bonds. The number of hydrogen-bond donors (Lipinski definition) is 1. The molecule has 0 aliphatic carbocycles. The Morgan fingerprint density at radius 3 is 2.44 bits per heavy atom. The zero-order valence-corrected chi connectivity index (χ0v) is 15.1. The van der Waals surface area contributed by atoms with Crippen molar-refractivity contribution in [2.45, 2.75) is 32.5 Å². The summed E-state index contributed by atoms with van der Waals surface area (Å²) in [7, 11) is 0. The molecule has 7 heteroatoms. The molecule has 0 radical (unpaired) electrons. The predicted octanol–water partition coefficient (Wildman–Crippen LogP) is 1.69. The molecule has 0 fully saturated rings. The lowest BCUT2D eigenvalue weighted by molar-refractivity contribution is -0.122. The highest BCUT2D eigenvalue weighted by molar-refractivity contribution is 5.80. The summed E-state index contributed by atoms with van der Waals surface area (Å²) in [6.07, 6.45) is 3.67. The van der Waals surface area contributed by atoms with E-state index in [2.05, 4.69) is 11.9 Å². The van der Waals surface area contributed by atoms with Gasteiger partial charge in [0.2, 0.25) is 5.91 Å². The van der Waals surface area contributed by atoms with E-state index in [1.54, 1.807) is 42.7 Å². The van der Waals surface area contributed by atoms with Gasteiger partial charge in [-0.15, -0.1) is 6.58 Å². The van der Waals surface area contributed by atoms with Gasteiger partial charge >= 0.3 is 11.1 Å². The molecule has 0 unspecified atom stereocenters. The number of fused-ring (bicyclic) bond motifs is 1. The summed E-state index contributed by atoms with van der Waals surface area (Å²) in [5.41, 5.74) is -0.300. The highest BCUT2D eigenvalue weighted by atomic mass is 16.3. The molecule has 0 spiro atoms. The summed E-state index contributed by atoms with van der Waals surface area (Å²) in [4.78, 5) is 37.4. The van der Waals surface area contributed by atoms with Gasteiger partial charge in [-0.1, -0.05) is 18.2 Å². The van der Waals surface area contributed by atoms with Crippen molar-refractivity contribution in [2.75, 3.05) is 0 Å². The Labute approximate surface area is 155 Å². The Morgan fingerprint density at radius 2 is 1.81 bits per heavy atom. The average molecular weight is 367 g/mol. The third kappa shape index (κ3) is 3.92. The van der Waals surface area contributed by atoms with Crippen molar-refractivity contribution in [3.63, 3.8) is 0 Å². The number of furan rings is 1. The minimum absolute atomic E-state index is 0.174. The third-order valence-electron chi connectivity index (χ3n) is 4.24. The van der Waals surface area contributed by atoms with E-state index in [4.69, 9.17) is 4.42 Å². The summed E-state index contributed by atoms with van der Waals surface area (Å²) in [6.45, 7) is 5.47. The number of amides is 1. The van der Waals surface area contributed by atoms with Crippen molar-refractivity contribution in [1.29, 1.82) is 0 Å². The topological polar surface area (TPSA) is 86.2 Å². The average Bonchev–Trinajstić information content (AvgIpc) is 3.15. The number of benzene rings is 1. The van der Waals surface area contributed by atoms with Crippen LogP contribution in [0.3, 0.4) is 0 Å². The van der Waals surface area contributed by atoms with Gasteiger partial charge in [-0.3, -0.25) is 23.5 Å². The first-order valence-corrected chi connectivity index (χ1v) is 8.66. The molecule has 0 saturated carbocycles. The number of rotatable bonds is 7. The molecule has 27 heavy (non-hydrogen) atoms. The molecule has 3 rings (SSSR count). The molecule has 0 aliphatic heterocycles. The van der Waals surface area contributed by atoms with Crippen LogP contribution in [-0.4, -0.2) is 21.1 Å². The maximum absolute atomic E-state index is 12.6. The zero-order chi connectivity index (χ0) is 19.4. The smallest absolute Gasteiger partial charge is 0.317 e. The van der Waals surface area contributed by atoms with Crippen LogP contribution in [0, 0.1) is 0 Å². The first-order valence-electron chi connectivity index (χ1n) is 8.66. The molecule has 0 bridgehead atoms. The van der Waals surface area contributed by atoms with Crippen molar-refractivity contribution in [1.82, 2.24) is 14.5 Å². The maximum atomic E-state index is 12.6. The fourth-order valence-corrected chi connectivity index (χ4v) is 3.08. The summed E-state index contributed by atoms with van der Waals surface area (Å²) >= 11 is 0. The highest BCUT2D eigenvalue weighted by Crippen LogP contribution is 2.10. The molecule has 0 aliphatic rings. The lowest BCUT2D eigenvalue weighted by Crippen LogP contribution is -2.45. The number of aromatic nitrogens is 2. The molecule has 2 aromatic heterocycles. The van der Waals surface area contributed by atoms with Crippen LogP contribution in [0.1, 0.15) is 12.7 Å². The second-order valence-electron chi connectivity index (χ2n) is 6.34. The quantitative estimate of drug-likeness (QED) is 0.509. The fraction of sp³-hybridized carbons (Fsp3) is 0.250. The second kappa shape index (κ2) is 7.90. The predicted molar refractivity (Wildman–Crippen MR) is 103 cm³/mol. The number of nitrogens with zero attached hydrogens (tertiary/aromatic N) is 2. The van der Waals surface area contributed by atoms with Gasteiger partial charge in [0.1, 0.15) is 12.3 Å². The summed E-state index contributed by atoms with van der Waals surface area (Å²) in [5, 5.41) is 2.83. The van der Waals surface area contributed by atoms with Gasteiger partial charge in [0.15, 0.2) is 0 Å². The van der Waals surface area contributed by atoms with Crippen LogP contribution >= 0.6 is 0 Å². The van der Waals surface area contributed by atoms with Crippen LogP contribution in [0.15, 0.2) is 69.3 Å². The van der Waals surface area contributed by atoms with Crippen molar-refractivity contribution in [3.05, 3.63) is 81.8 Å². The van der Waals surface area contributed by atoms with E-state index >= 15 is 0 Å². The van der Waals surface area contributed by atoms with E-state index in [-0.39, 0.29) is 25.0 Å². The van der Waals surface area contributed by atoms with E-state index in [1.807, 2.05) is 13.0 Å². The highest BCUT2D eigenvalue weighted by Gasteiger charge is 2.16. The standard InChI is InChI=1S/C20H21N3O4/c1-3-10-22-16-8-4-5-9-17(16)23(20(26)19(22)25)13-18(24)21-14(2)12-15-7-6-11-27-15/h3-9,11,14H,1,10,12-13H2,2H3,(H,21,24)/t14-/m0/s1. The van der Waals surface area contributed by atoms with Crippen LogP contribution in [-0.2, 0) is 24.3 Å².